The van der Waals surface area contributed by atoms with E-state index < -0.39 is 0 Å². The molecule has 0 aliphatic carbocycles. The third-order valence-electron chi connectivity index (χ3n) is 2.61. The number of alkyl halides is 1. The smallest absolute Gasteiger partial charge is 0.127 e. The van der Waals surface area contributed by atoms with Gasteiger partial charge in [-0.15, -0.1) is 11.6 Å². The first-order valence-corrected chi connectivity index (χ1v) is 7.25. The van der Waals surface area contributed by atoms with Gasteiger partial charge in [0.05, 0.1) is 16.4 Å². The molecule has 1 heterocycles. The Morgan fingerprint density at radius 1 is 1.53 bits per heavy atom. The van der Waals surface area contributed by atoms with Crippen LogP contribution in [0.3, 0.4) is 0 Å². The third-order valence-corrected chi connectivity index (χ3v) is 3.40. The zero-order chi connectivity index (χ0) is 12.4. The van der Waals surface area contributed by atoms with Crippen molar-refractivity contribution in [2.75, 3.05) is 12.0 Å². The second kappa shape index (κ2) is 5.27. The van der Waals surface area contributed by atoms with E-state index in [4.69, 9.17) is 11.6 Å². The van der Waals surface area contributed by atoms with Crippen molar-refractivity contribution in [1.82, 2.24) is 9.55 Å². The maximum absolute atomic E-state index is 13.1. The van der Waals surface area contributed by atoms with Gasteiger partial charge in [0.2, 0.25) is 0 Å². The molecule has 1 atom stereocenters. The van der Waals surface area contributed by atoms with Crippen molar-refractivity contribution >= 4 is 34.4 Å². The average Bonchev–Trinajstić information content (AvgIpc) is 2.64. The Morgan fingerprint density at radius 3 is 2.94 bits per heavy atom. The summed E-state index contributed by atoms with van der Waals surface area (Å²) in [6.07, 6.45) is 2.06. The summed E-state index contributed by atoms with van der Waals surface area (Å²) >= 11 is 7.88. The molecule has 0 radical (unpaired) electrons. The van der Waals surface area contributed by atoms with E-state index in [-0.39, 0.29) is 11.2 Å². The molecule has 0 bridgehead atoms. The number of fused-ring (bicyclic) bond motifs is 1. The number of imidazole rings is 1. The van der Waals surface area contributed by atoms with E-state index in [9.17, 15) is 4.39 Å². The van der Waals surface area contributed by atoms with Crippen LogP contribution in [0.4, 0.5) is 4.39 Å². The second-order valence-electron chi connectivity index (χ2n) is 3.86. The van der Waals surface area contributed by atoms with Crippen LogP contribution in [0.15, 0.2) is 18.2 Å². The number of aryl methyl sites for hydroxylation is 1. The van der Waals surface area contributed by atoms with Gasteiger partial charge in [-0.05, 0) is 25.3 Å². The number of hydrogen-bond acceptors (Lipinski definition) is 2. The van der Waals surface area contributed by atoms with Crippen molar-refractivity contribution in [3.8, 4) is 0 Å². The van der Waals surface area contributed by atoms with Gasteiger partial charge in [-0.3, -0.25) is 0 Å². The summed E-state index contributed by atoms with van der Waals surface area (Å²) in [7, 11) is 0. The van der Waals surface area contributed by atoms with Gasteiger partial charge in [0.15, 0.2) is 0 Å². The minimum atomic E-state index is -0.263. The number of nitrogens with zero attached hydrogens (tertiary/aromatic N) is 2. The highest BCUT2D eigenvalue weighted by molar-refractivity contribution is 7.98. The monoisotopic (exact) mass is 272 g/mol. The van der Waals surface area contributed by atoms with E-state index >= 15 is 0 Å². The summed E-state index contributed by atoms with van der Waals surface area (Å²) in [6.45, 7) is 2.73. The predicted molar refractivity (Wildman–Crippen MR) is 72.3 cm³/mol. The van der Waals surface area contributed by atoms with Crippen LogP contribution in [-0.2, 0) is 6.54 Å². The van der Waals surface area contributed by atoms with Crippen molar-refractivity contribution in [3.05, 3.63) is 29.8 Å². The lowest BCUT2D eigenvalue weighted by atomic mass is 10.3. The maximum Gasteiger partial charge on any atom is 0.127 e. The zero-order valence-electron chi connectivity index (χ0n) is 9.78. The Hall–Kier alpha value is -0.740. The van der Waals surface area contributed by atoms with Gasteiger partial charge in [-0.2, -0.15) is 11.8 Å². The molecular weight excluding hydrogens is 259 g/mol. The van der Waals surface area contributed by atoms with Crippen molar-refractivity contribution < 1.29 is 4.39 Å². The summed E-state index contributed by atoms with van der Waals surface area (Å²) in [5.41, 5.74) is 1.62. The van der Waals surface area contributed by atoms with Crippen LogP contribution in [0.5, 0.6) is 0 Å². The van der Waals surface area contributed by atoms with Crippen LogP contribution in [0.25, 0.3) is 11.0 Å². The molecule has 0 saturated heterocycles. The van der Waals surface area contributed by atoms with E-state index in [1.807, 2.05) is 6.92 Å². The molecule has 0 amide bonds. The highest BCUT2D eigenvalue weighted by atomic mass is 35.5. The molecule has 2 rings (SSSR count). The number of halogens is 2. The minimum Gasteiger partial charge on any atom is -0.326 e. The zero-order valence-corrected chi connectivity index (χ0v) is 11.4. The van der Waals surface area contributed by atoms with E-state index in [1.54, 1.807) is 17.8 Å². The Morgan fingerprint density at radius 2 is 2.29 bits per heavy atom. The fraction of sp³-hybridized carbons (Fsp3) is 0.417. The van der Waals surface area contributed by atoms with Crippen molar-refractivity contribution in [2.45, 2.75) is 18.8 Å². The molecule has 0 fully saturated rings. The molecule has 1 aromatic carbocycles. The van der Waals surface area contributed by atoms with Crippen LogP contribution in [0, 0.1) is 5.82 Å². The largest absolute Gasteiger partial charge is 0.326 e. The molecule has 0 saturated carbocycles. The number of rotatable bonds is 4. The van der Waals surface area contributed by atoms with Crippen molar-refractivity contribution in [2.24, 2.45) is 0 Å². The van der Waals surface area contributed by atoms with E-state index in [1.165, 1.54) is 12.1 Å². The van der Waals surface area contributed by atoms with Crippen LogP contribution in [0.2, 0.25) is 0 Å². The molecule has 92 valence electrons. The summed E-state index contributed by atoms with van der Waals surface area (Å²) in [5, 5.41) is -0.174. The summed E-state index contributed by atoms with van der Waals surface area (Å²) < 4.78 is 15.2. The fourth-order valence-electron chi connectivity index (χ4n) is 1.84. The minimum absolute atomic E-state index is 0.174. The lowest BCUT2D eigenvalue weighted by Crippen LogP contribution is -2.06. The lowest BCUT2D eigenvalue weighted by Gasteiger charge is -2.09. The van der Waals surface area contributed by atoms with Gasteiger partial charge in [-0.25, -0.2) is 9.37 Å². The molecule has 5 heteroatoms. The predicted octanol–water partition coefficient (Wildman–Crippen LogP) is 3.84. The summed E-state index contributed by atoms with van der Waals surface area (Å²) in [6, 6.07) is 4.68. The van der Waals surface area contributed by atoms with Gasteiger partial charge in [0.25, 0.3) is 0 Å². The van der Waals surface area contributed by atoms with E-state index in [0.29, 0.717) is 5.52 Å². The first-order valence-electron chi connectivity index (χ1n) is 5.42. The van der Waals surface area contributed by atoms with Crippen LogP contribution >= 0.6 is 23.4 Å². The molecule has 1 aromatic heterocycles. The SMILES string of the molecule is CSCCn1c(C(C)Cl)nc2cc(F)ccc21. The van der Waals surface area contributed by atoms with Gasteiger partial charge in [0, 0.05) is 18.4 Å². The van der Waals surface area contributed by atoms with E-state index in [2.05, 4.69) is 15.8 Å². The Kier molecular flexibility index (Phi) is 3.94. The Bertz CT molecular complexity index is 524. The standard InChI is InChI=1S/C12H14ClFN2S/c1-8(13)12-15-10-7-9(14)3-4-11(10)16(12)5-6-17-2/h3-4,7-8H,5-6H2,1-2H3. The maximum atomic E-state index is 13.1. The topological polar surface area (TPSA) is 17.8 Å². The lowest BCUT2D eigenvalue weighted by molar-refractivity contribution is 0.629. The Labute approximate surface area is 109 Å². The normalized spacial score (nSPS) is 13.2. The molecule has 1 unspecified atom stereocenters. The van der Waals surface area contributed by atoms with Crippen molar-refractivity contribution in [1.29, 1.82) is 0 Å². The molecular formula is C12H14ClFN2S. The second-order valence-corrected chi connectivity index (χ2v) is 5.50. The quantitative estimate of drug-likeness (QED) is 0.787. The number of benzene rings is 1. The molecule has 17 heavy (non-hydrogen) atoms. The Balaban J connectivity index is 2.54. The highest BCUT2D eigenvalue weighted by Gasteiger charge is 2.14. The average molecular weight is 273 g/mol. The first-order chi connectivity index (χ1) is 8.13. The summed E-state index contributed by atoms with van der Waals surface area (Å²) in [5.74, 6) is 1.53. The van der Waals surface area contributed by atoms with Crippen molar-refractivity contribution in [3.63, 3.8) is 0 Å². The van der Waals surface area contributed by atoms with Gasteiger partial charge >= 0.3 is 0 Å². The van der Waals surface area contributed by atoms with Gasteiger partial charge < -0.3 is 4.57 Å². The van der Waals surface area contributed by atoms with Crippen LogP contribution in [-0.4, -0.2) is 21.6 Å². The van der Waals surface area contributed by atoms with E-state index in [0.717, 1.165) is 23.6 Å². The summed E-state index contributed by atoms with van der Waals surface area (Å²) in [4.78, 5) is 4.41. The third kappa shape index (κ3) is 2.58. The number of hydrogen-bond donors (Lipinski definition) is 0. The van der Waals surface area contributed by atoms with Crippen LogP contribution < -0.4 is 0 Å². The first kappa shape index (κ1) is 12.7. The van der Waals surface area contributed by atoms with Crippen LogP contribution in [0.1, 0.15) is 18.1 Å². The fourth-order valence-corrected chi connectivity index (χ4v) is 2.37. The van der Waals surface area contributed by atoms with Gasteiger partial charge in [-0.1, -0.05) is 0 Å². The highest BCUT2D eigenvalue weighted by Crippen LogP contribution is 2.25. The number of thioether (sulfide) groups is 1. The number of aromatic nitrogens is 2. The molecule has 0 aliphatic heterocycles. The molecule has 0 N–H and O–H groups in total. The molecule has 0 aliphatic rings. The van der Waals surface area contributed by atoms with Gasteiger partial charge in [0.1, 0.15) is 11.6 Å². The molecule has 2 aromatic rings. The molecule has 2 nitrogen and oxygen atoms in total. The molecule has 0 spiro atoms.